The number of nitrogens with two attached hydrogens (primary N) is 1. The van der Waals surface area contributed by atoms with Crippen molar-refractivity contribution in [2.24, 2.45) is 5.73 Å². The van der Waals surface area contributed by atoms with Crippen molar-refractivity contribution in [3.8, 4) is 5.75 Å². The maximum absolute atomic E-state index is 5.40. The Hall–Kier alpha value is -0.250. The number of rotatable bonds is 2. The lowest BCUT2D eigenvalue weighted by atomic mass is 10.3. The fraction of sp³-hybridized carbons (Fsp3) is 0.333. The third-order valence-electron chi connectivity index (χ3n) is 1.14. The number of hydrogen-bond donors (Lipinski definition) is 1. The Labute approximate surface area is 70.4 Å². The first-order chi connectivity index (χ1) is 4.38. The predicted molar refractivity (Wildman–Crippen MR) is 46.0 cm³/mol. The highest BCUT2D eigenvalue weighted by molar-refractivity contribution is 7.08. The van der Waals surface area contributed by atoms with Crippen LogP contribution in [0.2, 0.25) is 0 Å². The molecule has 0 saturated heterocycles. The van der Waals surface area contributed by atoms with Crippen LogP contribution in [0.15, 0.2) is 10.8 Å². The summed E-state index contributed by atoms with van der Waals surface area (Å²) in [6.45, 7) is 0.562. The van der Waals surface area contributed by atoms with Crippen molar-refractivity contribution in [2.45, 2.75) is 6.54 Å². The summed E-state index contributed by atoms with van der Waals surface area (Å²) in [6.07, 6.45) is 0. The molecule has 0 aliphatic rings. The van der Waals surface area contributed by atoms with Crippen LogP contribution in [0.3, 0.4) is 0 Å². The summed E-state index contributed by atoms with van der Waals surface area (Å²) < 4.78 is 5.01. The molecule has 10 heavy (non-hydrogen) atoms. The number of thiophene rings is 1. The first-order valence-corrected chi connectivity index (χ1v) is 3.62. The summed E-state index contributed by atoms with van der Waals surface area (Å²) in [5.41, 5.74) is 6.48. The zero-order valence-corrected chi connectivity index (χ0v) is 7.30. The molecule has 0 amide bonds. The molecule has 0 saturated carbocycles. The molecule has 0 fully saturated rings. The van der Waals surface area contributed by atoms with Gasteiger partial charge in [0.1, 0.15) is 5.75 Å². The third kappa shape index (κ3) is 1.87. The Morgan fingerprint density at radius 2 is 2.30 bits per heavy atom. The summed E-state index contributed by atoms with van der Waals surface area (Å²) in [5.74, 6) is 0.905. The zero-order valence-electron chi connectivity index (χ0n) is 5.66. The average Bonchev–Trinajstić information content (AvgIpc) is 2.33. The van der Waals surface area contributed by atoms with Crippen LogP contribution in [0.5, 0.6) is 5.75 Å². The molecule has 58 valence electrons. The molecule has 0 unspecified atom stereocenters. The van der Waals surface area contributed by atoms with Crippen molar-refractivity contribution in [1.82, 2.24) is 0 Å². The molecule has 1 aromatic heterocycles. The van der Waals surface area contributed by atoms with Gasteiger partial charge in [0.05, 0.1) is 7.11 Å². The largest absolute Gasteiger partial charge is 0.496 e. The van der Waals surface area contributed by atoms with Crippen LogP contribution < -0.4 is 10.5 Å². The molecule has 4 heteroatoms. The fourth-order valence-corrected chi connectivity index (χ4v) is 1.46. The van der Waals surface area contributed by atoms with Crippen LogP contribution in [-0.2, 0) is 6.54 Å². The van der Waals surface area contributed by atoms with E-state index < -0.39 is 0 Å². The van der Waals surface area contributed by atoms with Gasteiger partial charge in [-0.15, -0.1) is 23.7 Å². The molecule has 1 aromatic rings. The topological polar surface area (TPSA) is 35.2 Å². The second-order valence-electron chi connectivity index (χ2n) is 1.67. The zero-order chi connectivity index (χ0) is 6.69. The van der Waals surface area contributed by atoms with E-state index in [0.29, 0.717) is 6.54 Å². The van der Waals surface area contributed by atoms with Crippen LogP contribution in [-0.4, -0.2) is 7.11 Å². The summed E-state index contributed by atoms with van der Waals surface area (Å²) in [5, 5.41) is 3.95. The maximum atomic E-state index is 5.40. The molecular formula is C6H10ClNOS. The van der Waals surface area contributed by atoms with Crippen LogP contribution in [0.1, 0.15) is 5.56 Å². The van der Waals surface area contributed by atoms with Gasteiger partial charge in [0.2, 0.25) is 0 Å². The lowest BCUT2D eigenvalue weighted by Gasteiger charge is -1.96. The Morgan fingerprint density at radius 3 is 2.70 bits per heavy atom. The highest BCUT2D eigenvalue weighted by Gasteiger charge is 1.98. The van der Waals surface area contributed by atoms with E-state index in [1.54, 1.807) is 18.4 Å². The average molecular weight is 180 g/mol. The number of ether oxygens (including phenoxy) is 1. The normalized spacial score (nSPS) is 8.60. The second-order valence-corrected chi connectivity index (χ2v) is 2.41. The van der Waals surface area contributed by atoms with Crippen molar-refractivity contribution < 1.29 is 4.74 Å². The molecule has 1 rings (SSSR count). The van der Waals surface area contributed by atoms with Gasteiger partial charge in [0.15, 0.2) is 0 Å². The molecule has 0 spiro atoms. The minimum Gasteiger partial charge on any atom is -0.496 e. The highest BCUT2D eigenvalue weighted by atomic mass is 35.5. The van der Waals surface area contributed by atoms with E-state index in [1.165, 1.54) is 0 Å². The van der Waals surface area contributed by atoms with E-state index in [-0.39, 0.29) is 12.4 Å². The standard InChI is InChI=1S/C6H9NOS.ClH/c1-8-6-4-9-3-5(6)2-7;/h3-4H,2,7H2,1H3;1H. The quantitative estimate of drug-likeness (QED) is 0.749. The van der Waals surface area contributed by atoms with Crippen molar-refractivity contribution in [1.29, 1.82) is 0 Å². The lowest BCUT2D eigenvalue weighted by Crippen LogP contribution is -1.96. The first-order valence-electron chi connectivity index (χ1n) is 2.67. The third-order valence-corrected chi connectivity index (χ3v) is 1.91. The Kier molecular flexibility index (Phi) is 4.43. The van der Waals surface area contributed by atoms with Crippen LogP contribution in [0, 0.1) is 0 Å². The smallest absolute Gasteiger partial charge is 0.134 e. The number of hydrogen-bond acceptors (Lipinski definition) is 3. The van der Waals surface area contributed by atoms with Gasteiger partial charge in [0, 0.05) is 17.5 Å². The first kappa shape index (κ1) is 9.75. The van der Waals surface area contributed by atoms with Crippen molar-refractivity contribution in [3.63, 3.8) is 0 Å². The van der Waals surface area contributed by atoms with Gasteiger partial charge in [-0.3, -0.25) is 0 Å². The molecule has 0 aromatic carbocycles. The Bertz CT molecular complexity index is 171. The van der Waals surface area contributed by atoms with E-state index in [9.17, 15) is 0 Å². The van der Waals surface area contributed by atoms with Gasteiger partial charge in [-0.25, -0.2) is 0 Å². The van der Waals surface area contributed by atoms with E-state index >= 15 is 0 Å². The molecule has 0 radical (unpaired) electrons. The molecule has 2 N–H and O–H groups in total. The summed E-state index contributed by atoms with van der Waals surface area (Å²) in [7, 11) is 1.65. The van der Waals surface area contributed by atoms with Gasteiger partial charge >= 0.3 is 0 Å². The van der Waals surface area contributed by atoms with E-state index in [4.69, 9.17) is 10.5 Å². The van der Waals surface area contributed by atoms with Gasteiger partial charge in [-0.1, -0.05) is 0 Å². The van der Waals surface area contributed by atoms with Gasteiger partial charge in [-0.05, 0) is 5.38 Å². The number of methoxy groups -OCH3 is 1. The SMILES string of the molecule is COc1cscc1CN.Cl. The number of halogens is 1. The van der Waals surface area contributed by atoms with Crippen LogP contribution >= 0.6 is 23.7 Å². The molecule has 0 aliphatic carbocycles. The van der Waals surface area contributed by atoms with Crippen molar-refractivity contribution in [2.75, 3.05) is 7.11 Å². The predicted octanol–water partition coefficient (Wildman–Crippen LogP) is 1.64. The molecule has 0 bridgehead atoms. The van der Waals surface area contributed by atoms with E-state index in [0.717, 1.165) is 11.3 Å². The molecule has 0 atom stereocenters. The van der Waals surface area contributed by atoms with Crippen LogP contribution in [0.4, 0.5) is 0 Å². The van der Waals surface area contributed by atoms with E-state index in [2.05, 4.69) is 0 Å². The molecule has 0 aliphatic heterocycles. The maximum Gasteiger partial charge on any atom is 0.134 e. The fourth-order valence-electron chi connectivity index (χ4n) is 0.640. The summed E-state index contributed by atoms with van der Waals surface area (Å²) >= 11 is 1.61. The van der Waals surface area contributed by atoms with Gasteiger partial charge in [-0.2, -0.15) is 0 Å². The molecular weight excluding hydrogens is 170 g/mol. The highest BCUT2D eigenvalue weighted by Crippen LogP contribution is 2.21. The van der Waals surface area contributed by atoms with E-state index in [1.807, 2.05) is 10.8 Å². The second kappa shape index (κ2) is 4.55. The summed E-state index contributed by atoms with van der Waals surface area (Å²) in [4.78, 5) is 0. The van der Waals surface area contributed by atoms with Gasteiger partial charge in [0.25, 0.3) is 0 Å². The Balaban J connectivity index is 0.000000810. The summed E-state index contributed by atoms with van der Waals surface area (Å²) in [6, 6.07) is 0. The molecule has 2 nitrogen and oxygen atoms in total. The minimum absolute atomic E-state index is 0. The Morgan fingerprint density at radius 1 is 1.60 bits per heavy atom. The van der Waals surface area contributed by atoms with Gasteiger partial charge < -0.3 is 10.5 Å². The lowest BCUT2D eigenvalue weighted by molar-refractivity contribution is 0.412. The van der Waals surface area contributed by atoms with Crippen molar-refractivity contribution in [3.05, 3.63) is 16.3 Å². The van der Waals surface area contributed by atoms with Crippen LogP contribution in [0.25, 0.3) is 0 Å². The molecule has 1 heterocycles. The monoisotopic (exact) mass is 179 g/mol. The van der Waals surface area contributed by atoms with Crippen molar-refractivity contribution >= 4 is 23.7 Å². The minimum atomic E-state index is 0.